The molecule has 0 bridgehead atoms. The molecule has 5 rings (SSSR count). The molecule has 0 saturated carbocycles. The molecule has 2 aromatic carbocycles. The van der Waals surface area contributed by atoms with Gasteiger partial charge in [-0.2, -0.15) is 14.6 Å². The summed E-state index contributed by atoms with van der Waals surface area (Å²) in [7, 11) is 1.68. The van der Waals surface area contributed by atoms with Crippen molar-refractivity contribution in [2.45, 2.75) is 13.0 Å². The number of benzene rings is 2. The number of hydrogen-bond acceptors (Lipinski definition) is 6. The summed E-state index contributed by atoms with van der Waals surface area (Å²) in [6.07, 6.45) is 3.47. The lowest BCUT2D eigenvalue weighted by molar-refractivity contribution is 0.198. The number of ether oxygens (including phenoxy) is 1. The van der Waals surface area contributed by atoms with Crippen molar-refractivity contribution in [3.63, 3.8) is 0 Å². The van der Waals surface area contributed by atoms with Gasteiger partial charge in [0.25, 0.3) is 5.78 Å². The van der Waals surface area contributed by atoms with Crippen LogP contribution in [0.25, 0.3) is 16.9 Å². The fraction of sp³-hybridized carbons (Fsp3) is 0.292. The minimum Gasteiger partial charge on any atom is -0.497 e. The first-order chi connectivity index (χ1) is 15.2. The van der Waals surface area contributed by atoms with Crippen LogP contribution in [0, 0.1) is 0 Å². The van der Waals surface area contributed by atoms with Gasteiger partial charge < -0.3 is 9.64 Å². The summed E-state index contributed by atoms with van der Waals surface area (Å²) >= 11 is 0. The van der Waals surface area contributed by atoms with Gasteiger partial charge in [0.1, 0.15) is 17.9 Å². The first-order valence-corrected chi connectivity index (χ1v) is 10.6. The van der Waals surface area contributed by atoms with E-state index in [0.717, 1.165) is 48.9 Å². The molecular weight excluding hydrogens is 388 g/mol. The van der Waals surface area contributed by atoms with Crippen LogP contribution in [-0.4, -0.2) is 57.8 Å². The van der Waals surface area contributed by atoms with Crippen molar-refractivity contribution >= 4 is 11.6 Å². The molecule has 7 nitrogen and oxygen atoms in total. The molecule has 0 aliphatic carbocycles. The second-order valence-electron chi connectivity index (χ2n) is 7.81. The predicted molar refractivity (Wildman–Crippen MR) is 121 cm³/mol. The summed E-state index contributed by atoms with van der Waals surface area (Å²) in [5.74, 6) is 2.50. The van der Waals surface area contributed by atoms with E-state index in [1.54, 1.807) is 13.4 Å². The van der Waals surface area contributed by atoms with Gasteiger partial charge in [-0.05, 0) is 30.2 Å². The smallest absolute Gasteiger partial charge is 0.254 e. The van der Waals surface area contributed by atoms with Crippen molar-refractivity contribution in [2.75, 3.05) is 38.2 Å². The van der Waals surface area contributed by atoms with Gasteiger partial charge in [0, 0.05) is 44.0 Å². The lowest BCUT2D eigenvalue weighted by Gasteiger charge is -2.39. The molecule has 4 aromatic rings. The zero-order valence-electron chi connectivity index (χ0n) is 17.8. The van der Waals surface area contributed by atoms with Crippen LogP contribution < -0.4 is 9.64 Å². The second kappa shape index (κ2) is 8.35. The number of fused-ring (bicyclic) bond motifs is 1. The molecule has 0 radical (unpaired) electrons. The highest BCUT2D eigenvalue weighted by Gasteiger charge is 2.26. The molecule has 0 spiro atoms. The third kappa shape index (κ3) is 3.72. The molecule has 31 heavy (non-hydrogen) atoms. The van der Waals surface area contributed by atoms with E-state index in [-0.39, 0.29) is 0 Å². The van der Waals surface area contributed by atoms with Gasteiger partial charge in [0.2, 0.25) is 0 Å². The topological polar surface area (TPSA) is 58.8 Å². The zero-order chi connectivity index (χ0) is 21.2. The molecule has 2 aromatic heterocycles. The largest absolute Gasteiger partial charge is 0.497 e. The molecule has 1 aliphatic heterocycles. The summed E-state index contributed by atoms with van der Waals surface area (Å²) in [5, 5.41) is 4.48. The molecule has 1 fully saturated rings. The molecular formula is C24H26N6O. The van der Waals surface area contributed by atoms with Gasteiger partial charge in [-0.3, -0.25) is 4.90 Å². The normalized spacial score (nSPS) is 15.9. The minimum atomic E-state index is 0.397. The highest BCUT2D eigenvalue weighted by Crippen LogP contribution is 2.33. The summed E-state index contributed by atoms with van der Waals surface area (Å²) in [4.78, 5) is 13.8. The van der Waals surface area contributed by atoms with Crippen LogP contribution in [0.4, 0.5) is 5.82 Å². The first-order valence-electron chi connectivity index (χ1n) is 10.6. The Balaban J connectivity index is 1.44. The Labute approximate surface area is 181 Å². The van der Waals surface area contributed by atoms with Gasteiger partial charge in [-0.25, -0.2) is 4.98 Å². The van der Waals surface area contributed by atoms with Gasteiger partial charge in [-0.1, -0.05) is 42.5 Å². The molecule has 158 valence electrons. The number of aromatic nitrogens is 4. The molecule has 0 unspecified atom stereocenters. The van der Waals surface area contributed by atoms with Crippen molar-refractivity contribution in [2.24, 2.45) is 0 Å². The molecule has 0 N–H and O–H groups in total. The van der Waals surface area contributed by atoms with Crippen molar-refractivity contribution in [1.29, 1.82) is 0 Å². The van der Waals surface area contributed by atoms with E-state index in [1.165, 1.54) is 5.56 Å². The fourth-order valence-corrected chi connectivity index (χ4v) is 4.31. The van der Waals surface area contributed by atoms with Gasteiger partial charge in [0.15, 0.2) is 0 Å². The van der Waals surface area contributed by atoms with E-state index < -0.39 is 0 Å². The monoisotopic (exact) mass is 414 g/mol. The van der Waals surface area contributed by atoms with Crippen molar-refractivity contribution in [3.05, 3.63) is 72.7 Å². The SMILES string of the molecule is COc1ccc(-c2cnc3ncnn3c2N2CCN([C@@H](C)c3ccccc3)CC2)cc1. The lowest BCUT2D eigenvalue weighted by atomic mass is 10.1. The van der Waals surface area contributed by atoms with Gasteiger partial charge in [0.05, 0.1) is 7.11 Å². The summed E-state index contributed by atoms with van der Waals surface area (Å²) in [6.45, 7) is 6.09. The Morgan fingerprint density at radius 2 is 1.65 bits per heavy atom. The van der Waals surface area contributed by atoms with Gasteiger partial charge >= 0.3 is 0 Å². The molecule has 7 heteroatoms. The number of nitrogens with zero attached hydrogens (tertiary/aromatic N) is 6. The molecule has 1 aliphatic rings. The standard InChI is InChI=1S/C24H26N6O/c1-18(19-6-4-3-5-7-19)28-12-14-29(15-13-28)23-22(16-25-24-26-17-27-30(23)24)20-8-10-21(31-2)11-9-20/h3-11,16-18H,12-15H2,1-2H3/t18-/m0/s1. The van der Waals surface area contributed by atoms with Crippen LogP contribution in [0.1, 0.15) is 18.5 Å². The minimum absolute atomic E-state index is 0.397. The fourth-order valence-electron chi connectivity index (χ4n) is 4.31. The second-order valence-corrected chi connectivity index (χ2v) is 7.81. The molecule has 1 atom stereocenters. The van der Waals surface area contributed by atoms with E-state index in [1.807, 2.05) is 22.8 Å². The van der Waals surface area contributed by atoms with Crippen molar-refractivity contribution in [3.8, 4) is 16.9 Å². The highest BCUT2D eigenvalue weighted by molar-refractivity contribution is 5.77. The highest BCUT2D eigenvalue weighted by atomic mass is 16.5. The molecule has 1 saturated heterocycles. The summed E-state index contributed by atoms with van der Waals surface area (Å²) in [5.41, 5.74) is 3.49. The maximum atomic E-state index is 5.32. The predicted octanol–water partition coefficient (Wildman–Crippen LogP) is 3.68. The van der Waals surface area contributed by atoms with E-state index in [4.69, 9.17) is 4.74 Å². The zero-order valence-corrected chi connectivity index (χ0v) is 17.8. The van der Waals surface area contributed by atoms with E-state index in [9.17, 15) is 0 Å². The van der Waals surface area contributed by atoms with E-state index in [2.05, 4.69) is 74.3 Å². The first kappa shape index (κ1) is 19.5. The number of hydrogen-bond donors (Lipinski definition) is 0. The summed E-state index contributed by atoms with van der Waals surface area (Å²) in [6, 6.07) is 19.2. The maximum Gasteiger partial charge on any atom is 0.254 e. The molecule has 0 amide bonds. The number of anilines is 1. The third-order valence-electron chi connectivity index (χ3n) is 6.12. The number of methoxy groups -OCH3 is 1. The number of rotatable bonds is 5. The Morgan fingerprint density at radius 1 is 0.903 bits per heavy atom. The number of piperazine rings is 1. The maximum absolute atomic E-state index is 5.32. The van der Waals surface area contributed by atoms with Crippen LogP contribution in [0.2, 0.25) is 0 Å². The van der Waals surface area contributed by atoms with Crippen LogP contribution >= 0.6 is 0 Å². The van der Waals surface area contributed by atoms with E-state index >= 15 is 0 Å². The van der Waals surface area contributed by atoms with E-state index in [0.29, 0.717) is 11.8 Å². The van der Waals surface area contributed by atoms with Crippen molar-refractivity contribution < 1.29 is 4.74 Å². The van der Waals surface area contributed by atoms with Gasteiger partial charge in [-0.15, -0.1) is 0 Å². The van der Waals surface area contributed by atoms with Crippen LogP contribution in [0.15, 0.2) is 67.1 Å². The van der Waals surface area contributed by atoms with Crippen molar-refractivity contribution in [1.82, 2.24) is 24.5 Å². The molecule has 3 heterocycles. The average Bonchev–Trinajstić information content (AvgIpc) is 3.33. The summed E-state index contributed by atoms with van der Waals surface area (Å²) < 4.78 is 7.18. The van der Waals surface area contributed by atoms with Crippen LogP contribution in [0.3, 0.4) is 0 Å². The third-order valence-corrected chi connectivity index (χ3v) is 6.12. The Hall–Kier alpha value is -3.45. The van der Waals surface area contributed by atoms with Crippen LogP contribution in [0.5, 0.6) is 5.75 Å². The average molecular weight is 415 g/mol. The van der Waals surface area contributed by atoms with Crippen LogP contribution in [-0.2, 0) is 0 Å². The Bertz CT molecular complexity index is 1150. The quantitative estimate of drug-likeness (QED) is 0.497. The lowest BCUT2D eigenvalue weighted by Crippen LogP contribution is -2.48. The Morgan fingerprint density at radius 3 is 2.35 bits per heavy atom. The Kier molecular flexibility index (Phi) is 5.26.